The highest BCUT2D eigenvalue weighted by molar-refractivity contribution is 6.00. The number of para-hydroxylation sites is 1. The molecule has 1 fully saturated rings. The lowest BCUT2D eigenvalue weighted by Crippen LogP contribution is -2.43. The number of piperazine rings is 1. The summed E-state index contributed by atoms with van der Waals surface area (Å²) < 4.78 is 0. The Kier molecular flexibility index (Phi) is 5.38. The third kappa shape index (κ3) is 4.29. The number of nitrogens with one attached hydrogen (secondary N) is 2. The number of carbonyl (C=O) groups excluding carboxylic acids is 1. The molecule has 0 aliphatic carbocycles. The molecule has 2 N–H and O–H groups in total. The smallest absolute Gasteiger partial charge is 0.247 e. The summed E-state index contributed by atoms with van der Waals surface area (Å²) in [6.45, 7) is 7.53. The molecule has 2 aliphatic rings. The molecule has 5 heteroatoms. The van der Waals surface area contributed by atoms with E-state index in [1.54, 1.807) is 0 Å². The molecule has 3 aromatic carbocycles. The van der Waals surface area contributed by atoms with E-state index in [9.17, 15) is 4.79 Å². The summed E-state index contributed by atoms with van der Waals surface area (Å²) in [5.41, 5.74) is 5.68. The Bertz CT molecular complexity index is 1120. The van der Waals surface area contributed by atoms with Crippen molar-refractivity contribution in [3.8, 4) is 0 Å². The molecule has 0 radical (unpaired) electrons. The molecule has 1 amide bonds. The maximum Gasteiger partial charge on any atom is 0.247 e. The number of hydrogen-bond acceptors (Lipinski definition) is 4. The standard InChI is InChI=1S/C26H30N4O/c1-18-4-3-5-21-16-24(28-25(18)21)26(31)27-23-9-8-20-7-6-19(14-22(20)15-23)17-30-12-10-29(2)11-13-30/h3-9,14-15,24,28H,10-13,16-17H2,1-2H3,(H,27,31). The van der Waals surface area contributed by atoms with Gasteiger partial charge in [-0.2, -0.15) is 0 Å². The molecule has 0 spiro atoms. The van der Waals surface area contributed by atoms with Crippen molar-refractivity contribution in [2.24, 2.45) is 0 Å². The number of carbonyl (C=O) groups is 1. The molecule has 2 aliphatic heterocycles. The molecule has 3 aromatic rings. The number of anilines is 2. The van der Waals surface area contributed by atoms with Crippen LogP contribution in [0, 0.1) is 6.92 Å². The Morgan fingerprint density at radius 2 is 1.84 bits per heavy atom. The van der Waals surface area contributed by atoms with Gasteiger partial charge >= 0.3 is 0 Å². The summed E-state index contributed by atoms with van der Waals surface area (Å²) in [5, 5.41) is 8.88. The average molecular weight is 415 g/mol. The quantitative estimate of drug-likeness (QED) is 0.680. The molecule has 5 rings (SSSR count). The summed E-state index contributed by atoms with van der Waals surface area (Å²) in [7, 11) is 2.18. The van der Waals surface area contributed by atoms with Gasteiger partial charge in [0.25, 0.3) is 0 Å². The van der Waals surface area contributed by atoms with E-state index in [1.807, 2.05) is 6.07 Å². The molecule has 0 aromatic heterocycles. The van der Waals surface area contributed by atoms with Crippen LogP contribution >= 0.6 is 0 Å². The number of rotatable bonds is 4. The molecule has 1 saturated heterocycles. The first-order valence-corrected chi connectivity index (χ1v) is 11.1. The van der Waals surface area contributed by atoms with Crippen molar-refractivity contribution in [3.63, 3.8) is 0 Å². The second kappa shape index (κ2) is 8.33. The fourth-order valence-electron chi connectivity index (χ4n) is 4.67. The van der Waals surface area contributed by atoms with E-state index >= 15 is 0 Å². The molecule has 5 nitrogen and oxygen atoms in total. The zero-order valence-corrected chi connectivity index (χ0v) is 18.3. The van der Waals surface area contributed by atoms with E-state index in [4.69, 9.17) is 0 Å². The largest absolute Gasteiger partial charge is 0.373 e. The number of nitrogens with zero attached hydrogens (tertiary/aromatic N) is 2. The molecule has 31 heavy (non-hydrogen) atoms. The van der Waals surface area contributed by atoms with Crippen molar-refractivity contribution < 1.29 is 4.79 Å². The van der Waals surface area contributed by atoms with Crippen LogP contribution < -0.4 is 10.6 Å². The zero-order chi connectivity index (χ0) is 21.4. The minimum absolute atomic E-state index is 0.0172. The van der Waals surface area contributed by atoms with Gasteiger partial charge in [0.2, 0.25) is 5.91 Å². The van der Waals surface area contributed by atoms with Crippen molar-refractivity contribution >= 4 is 28.1 Å². The Morgan fingerprint density at radius 3 is 2.65 bits per heavy atom. The Labute approximate surface area is 184 Å². The highest BCUT2D eigenvalue weighted by atomic mass is 16.2. The zero-order valence-electron chi connectivity index (χ0n) is 18.3. The van der Waals surface area contributed by atoms with Gasteiger partial charge in [0, 0.05) is 50.5 Å². The van der Waals surface area contributed by atoms with E-state index in [0.717, 1.165) is 50.5 Å². The lowest BCUT2D eigenvalue weighted by molar-refractivity contribution is -0.116. The van der Waals surface area contributed by atoms with Gasteiger partial charge in [-0.15, -0.1) is 0 Å². The van der Waals surface area contributed by atoms with Gasteiger partial charge < -0.3 is 15.5 Å². The lowest BCUT2D eigenvalue weighted by Gasteiger charge is -2.32. The monoisotopic (exact) mass is 414 g/mol. The Morgan fingerprint density at radius 1 is 1.03 bits per heavy atom. The number of likely N-dealkylation sites (N-methyl/N-ethyl adjacent to an activating group) is 1. The summed E-state index contributed by atoms with van der Waals surface area (Å²) in [6, 6.07) is 18.8. The first-order valence-electron chi connectivity index (χ1n) is 11.1. The van der Waals surface area contributed by atoms with Crippen molar-refractivity contribution in [1.29, 1.82) is 0 Å². The topological polar surface area (TPSA) is 47.6 Å². The van der Waals surface area contributed by atoms with E-state index in [1.165, 1.54) is 27.5 Å². The van der Waals surface area contributed by atoms with E-state index in [-0.39, 0.29) is 11.9 Å². The number of benzene rings is 3. The SMILES string of the molecule is Cc1cccc2c1NC(C(=O)Nc1ccc3ccc(CN4CCN(C)CC4)cc3c1)C2. The molecule has 160 valence electrons. The second-order valence-corrected chi connectivity index (χ2v) is 8.98. The number of fused-ring (bicyclic) bond motifs is 2. The van der Waals surface area contributed by atoms with Gasteiger partial charge in [-0.3, -0.25) is 9.69 Å². The predicted molar refractivity (Wildman–Crippen MR) is 128 cm³/mol. The van der Waals surface area contributed by atoms with Crippen molar-refractivity contribution in [1.82, 2.24) is 9.80 Å². The van der Waals surface area contributed by atoms with Gasteiger partial charge in [-0.1, -0.05) is 36.4 Å². The first-order chi connectivity index (χ1) is 15.0. The molecule has 0 saturated carbocycles. The van der Waals surface area contributed by atoms with Gasteiger partial charge in [0.05, 0.1) is 0 Å². The second-order valence-electron chi connectivity index (χ2n) is 8.98. The fourth-order valence-corrected chi connectivity index (χ4v) is 4.67. The summed E-state index contributed by atoms with van der Waals surface area (Å²) in [4.78, 5) is 17.8. The molecular formula is C26H30N4O. The van der Waals surface area contributed by atoms with Gasteiger partial charge in [-0.25, -0.2) is 0 Å². The number of hydrogen-bond donors (Lipinski definition) is 2. The highest BCUT2D eigenvalue weighted by Crippen LogP contribution is 2.30. The van der Waals surface area contributed by atoms with Crippen LogP contribution in [0.4, 0.5) is 11.4 Å². The molecule has 2 heterocycles. The van der Waals surface area contributed by atoms with E-state index < -0.39 is 0 Å². The van der Waals surface area contributed by atoms with Crippen LogP contribution in [0.1, 0.15) is 16.7 Å². The molecular weight excluding hydrogens is 384 g/mol. The van der Waals surface area contributed by atoms with Gasteiger partial charge in [-0.05, 0) is 59.6 Å². The first kappa shape index (κ1) is 20.0. The molecule has 1 unspecified atom stereocenters. The van der Waals surface area contributed by atoms with Crippen molar-refractivity contribution in [3.05, 3.63) is 71.3 Å². The minimum atomic E-state index is -0.227. The third-order valence-corrected chi connectivity index (χ3v) is 6.59. The van der Waals surface area contributed by atoms with Crippen LogP contribution in [0.3, 0.4) is 0 Å². The van der Waals surface area contributed by atoms with Gasteiger partial charge in [0.1, 0.15) is 6.04 Å². The van der Waals surface area contributed by atoms with Gasteiger partial charge in [0.15, 0.2) is 0 Å². The Balaban J connectivity index is 1.28. The lowest BCUT2D eigenvalue weighted by atomic mass is 10.0. The third-order valence-electron chi connectivity index (χ3n) is 6.59. The minimum Gasteiger partial charge on any atom is -0.373 e. The summed E-state index contributed by atoms with van der Waals surface area (Å²) in [6.07, 6.45) is 0.728. The predicted octanol–water partition coefficient (Wildman–Crippen LogP) is 3.87. The maximum atomic E-state index is 12.9. The highest BCUT2D eigenvalue weighted by Gasteiger charge is 2.27. The van der Waals surface area contributed by atoms with Crippen LogP contribution in [0.5, 0.6) is 0 Å². The normalized spacial score (nSPS) is 19.2. The summed E-state index contributed by atoms with van der Waals surface area (Å²) >= 11 is 0. The molecule has 1 atom stereocenters. The number of aryl methyl sites for hydroxylation is 1. The molecule has 0 bridgehead atoms. The fraction of sp³-hybridized carbons (Fsp3) is 0.346. The van der Waals surface area contributed by atoms with E-state index in [2.05, 4.69) is 82.9 Å². The maximum absolute atomic E-state index is 12.9. The van der Waals surface area contributed by atoms with Crippen molar-refractivity contribution in [2.45, 2.75) is 25.9 Å². The van der Waals surface area contributed by atoms with E-state index in [0.29, 0.717) is 0 Å². The van der Waals surface area contributed by atoms with Crippen LogP contribution in [-0.4, -0.2) is 55.0 Å². The average Bonchev–Trinajstić information content (AvgIpc) is 3.21. The Hall–Kier alpha value is -2.89. The van der Waals surface area contributed by atoms with Crippen LogP contribution in [-0.2, 0) is 17.8 Å². The van der Waals surface area contributed by atoms with Crippen LogP contribution in [0.15, 0.2) is 54.6 Å². The van der Waals surface area contributed by atoms with Crippen LogP contribution in [0.2, 0.25) is 0 Å². The van der Waals surface area contributed by atoms with Crippen molar-refractivity contribution in [2.75, 3.05) is 43.9 Å². The van der Waals surface area contributed by atoms with Crippen LogP contribution in [0.25, 0.3) is 10.8 Å². The summed E-state index contributed by atoms with van der Waals surface area (Å²) in [5.74, 6) is 0.0172. The number of amides is 1.